The first-order valence-electron chi connectivity index (χ1n) is 4.03. The van der Waals surface area contributed by atoms with Crippen LogP contribution < -0.4 is 0 Å². The van der Waals surface area contributed by atoms with Crippen molar-refractivity contribution >= 4 is 0 Å². The molecule has 0 aliphatic heterocycles. The highest BCUT2D eigenvalue weighted by molar-refractivity contribution is 5.56. The summed E-state index contributed by atoms with van der Waals surface area (Å²) in [4.78, 5) is 12.1. The third-order valence-corrected chi connectivity index (χ3v) is 2.08. The summed E-state index contributed by atoms with van der Waals surface area (Å²) in [5, 5.41) is 0. The number of aromatic nitrogens is 4. The lowest BCUT2D eigenvalue weighted by Crippen LogP contribution is -1.94. The molecule has 0 aliphatic carbocycles. The lowest BCUT2D eigenvalue weighted by atomic mass is 10.2. The highest BCUT2D eigenvalue weighted by atomic mass is 15.1. The van der Waals surface area contributed by atoms with Crippen LogP contribution in [0, 0.1) is 6.92 Å². The molecule has 0 atom stereocenters. The Hall–Kier alpha value is -1.71. The minimum absolute atomic E-state index is 0.985. The average Bonchev–Trinajstić information content (AvgIpc) is 2.49. The summed E-state index contributed by atoms with van der Waals surface area (Å²) in [6.07, 6.45) is 6.91. The van der Waals surface area contributed by atoms with Crippen molar-refractivity contribution in [3.63, 3.8) is 0 Å². The van der Waals surface area contributed by atoms with E-state index in [0.717, 1.165) is 17.1 Å². The van der Waals surface area contributed by atoms with Gasteiger partial charge in [-0.3, -0.25) is 0 Å². The van der Waals surface area contributed by atoms with Gasteiger partial charge >= 0.3 is 0 Å². The van der Waals surface area contributed by atoms with Gasteiger partial charge in [0, 0.05) is 25.0 Å². The van der Waals surface area contributed by atoms with Crippen LogP contribution in [0.4, 0.5) is 0 Å². The Kier molecular flexibility index (Phi) is 1.81. The van der Waals surface area contributed by atoms with Crippen LogP contribution in [0.1, 0.15) is 5.82 Å². The summed E-state index contributed by atoms with van der Waals surface area (Å²) in [7, 11) is 1.98. The van der Waals surface area contributed by atoms with Gasteiger partial charge in [0.05, 0.1) is 11.9 Å². The van der Waals surface area contributed by atoms with E-state index in [-0.39, 0.29) is 0 Å². The summed E-state index contributed by atoms with van der Waals surface area (Å²) < 4.78 is 2.01. The van der Waals surface area contributed by atoms with E-state index in [2.05, 4.69) is 15.0 Å². The minimum atomic E-state index is 0.985. The largest absolute Gasteiger partial charge is 0.331 e. The van der Waals surface area contributed by atoms with Crippen LogP contribution in [0.25, 0.3) is 11.3 Å². The molecule has 13 heavy (non-hydrogen) atoms. The molecule has 2 aromatic heterocycles. The Labute approximate surface area is 76.3 Å². The fourth-order valence-corrected chi connectivity index (χ4v) is 1.20. The molecule has 0 saturated carbocycles. The Balaban J connectivity index is 2.53. The molecule has 0 N–H and O–H groups in total. The Morgan fingerprint density at radius 2 is 1.85 bits per heavy atom. The maximum atomic E-state index is 4.20. The molecule has 2 aromatic rings. The van der Waals surface area contributed by atoms with Gasteiger partial charge in [0.25, 0.3) is 0 Å². The predicted octanol–water partition coefficient (Wildman–Crippen LogP) is 1.19. The number of hydrogen-bond donors (Lipinski definition) is 0. The summed E-state index contributed by atoms with van der Waals surface area (Å²) in [6.45, 7) is 1.97. The highest BCUT2D eigenvalue weighted by Gasteiger charge is 2.04. The molecule has 2 heterocycles. The molecule has 0 bridgehead atoms. The highest BCUT2D eigenvalue weighted by Crippen LogP contribution is 2.16. The first kappa shape index (κ1) is 7.91. The number of aryl methyl sites for hydroxylation is 1. The SMILES string of the molecule is Cc1ncc(-c2cncnc2)n1C. The van der Waals surface area contributed by atoms with E-state index in [4.69, 9.17) is 0 Å². The fraction of sp³-hybridized carbons (Fsp3) is 0.222. The monoisotopic (exact) mass is 174 g/mol. The second-order valence-electron chi connectivity index (χ2n) is 2.88. The van der Waals surface area contributed by atoms with Crippen LogP contribution in [0.3, 0.4) is 0 Å². The molecule has 4 heteroatoms. The zero-order valence-corrected chi connectivity index (χ0v) is 7.60. The first-order valence-corrected chi connectivity index (χ1v) is 4.03. The van der Waals surface area contributed by atoms with Gasteiger partial charge in [0.2, 0.25) is 0 Å². The third-order valence-electron chi connectivity index (χ3n) is 2.08. The normalized spacial score (nSPS) is 10.3. The maximum Gasteiger partial charge on any atom is 0.115 e. The number of imidazole rings is 1. The van der Waals surface area contributed by atoms with Crippen molar-refractivity contribution in [2.24, 2.45) is 7.05 Å². The molecule has 0 fully saturated rings. The Bertz CT molecular complexity index is 405. The minimum Gasteiger partial charge on any atom is -0.331 e. The van der Waals surface area contributed by atoms with Crippen molar-refractivity contribution in [1.29, 1.82) is 0 Å². The zero-order valence-electron chi connectivity index (χ0n) is 7.60. The molecule has 2 rings (SSSR count). The number of nitrogens with zero attached hydrogens (tertiary/aromatic N) is 4. The summed E-state index contributed by atoms with van der Waals surface area (Å²) in [5.74, 6) is 0.985. The second kappa shape index (κ2) is 2.97. The van der Waals surface area contributed by atoms with Crippen LogP contribution in [-0.2, 0) is 7.05 Å². The van der Waals surface area contributed by atoms with Crippen LogP contribution in [0.5, 0.6) is 0 Å². The molecule has 0 radical (unpaired) electrons. The molecule has 66 valence electrons. The van der Waals surface area contributed by atoms with Gasteiger partial charge in [0.1, 0.15) is 12.2 Å². The second-order valence-corrected chi connectivity index (χ2v) is 2.88. The topological polar surface area (TPSA) is 43.6 Å². The molecule has 4 nitrogen and oxygen atoms in total. The van der Waals surface area contributed by atoms with Crippen molar-refractivity contribution in [2.75, 3.05) is 0 Å². The van der Waals surface area contributed by atoms with E-state index in [1.807, 2.05) is 24.7 Å². The number of rotatable bonds is 1. The van der Waals surface area contributed by atoms with Crippen LogP contribution in [0.15, 0.2) is 24.9 Å². The van der Waals surface area contributed by atoms with E-state index < -0.39 is 0 Å². The predicted molar refractivity (Wildman–Crippen MR) is 49.0 cm³/mol. The lowest BCUT2D eigenvalue weighted by molar-refractivity contribution is 0.863. The van der Waals surface area contributed by atoms with E-state index in [1.165, 1.54) is 6.33 Å². The summed E-state index contributed by atoms with van der Waals surface area (Å²) in [6, 6.07) is 0. The van der Waals surface area contributed by atoms with Crippen molar-refractivity contribution < 1.29 is 0 Å². The number of hydrogen-bond acceptors (Lipinski definition) is 3. The molecule has 0 saturated heterocycles. The van der Waals surface area contributed by atoms with E-state index in [9.17, 15) is 0 Å². The Morgan fingerprint density at radius 1 is 1.15 bits per heavy atom. The molecule has 0 aromatic carbocycles. The van der Waals surface area contributed by atoms with E-state index in [1.54, 1.807) is 12.4 Å². The third kappa shape index (κ3) is 1.30. The molecular formula is C9H10N4. The standard InChI is InChI=1S/C9H10N4/c1-7-12-5-9(13(7)2)8-3-10-6-11-4-8/h3-6H,1-2H3. The van der Waals surface area contributed by atoms with Crippen molar-refractivity contribution in [2.45, 2.75) is 6.92 Å². The van der Waals surface area contributed by atoms with Gasteiger partial charge in [-0.1, -0.05) is 0 Å². The van der Waals surface area contributed by atoms with Gasteiger partial charge in [-0.05, 0) is 6.92 Å². The van der Waals surface area contributed by atoms with Gasteiger partial charge in [-0.25, -0.2) is 15.0 Å². The molecule has 0 aliphatic rings. The Morgan fingerprint density at radius 3 is 2.38 bits per heavy atom. The van der Waals surface area contributed by atoms with E-state index in [0.29, 0.717) is 0 Å². The quantitative estimate of drug-likeness (QED) is 0.652. The van der Waals surface area contributed by atoms with Crippen molar-refractivity contribution in [1.82, 2.24) is 19.5 Å². The van der Waals surface area contributed by atoms with Crippen LogP contribution in [-0.4, -0.2) is 19.5 Å². The summed E-state index contributed by atoms with van der Waals surface area (Å²) in [5.41, 5.74) is 2.03. The molecule has 0 unspecified atom stereocenters. The van der Waals surface area contributed by atoms with E-state index >= 15 is 0 Å². The van der Waals surface area contributed by atoms with Gasteiger partial charge in [0.15, 0.2) is 0 Å². The maximum absolute atomic E-state index is 4.20. The summed E-state index contributed by atoms with van der Waals surface area (Å²) >= 11 is 0. The van der Waals surface area contributed by atoms with Crippen molar-refractivity contribution in [3.05, 3.63) is 30.7 Å². The van der Waals surface area contributed by atoms with Gasteiger partial charge in [-0.2, -0.15) is 0 Å². The molecule has 0 amide bonds. The first-order chi connectivity index (χ1) is 6.29. The van der Waals surface area contributed by atoms with Crippen LogP contribution >= 0.6 is 0 Å². The lowest BCUT2D eigenvalue weighted by Gasteiger charge is -2.01. The van der Waals surface area contributed by atoms with Crippen LogP contribution in [0.2, 0.25) is 0 Å². The molecular weight excluding hydrogens is 164 g/mol. The smallest absolute Gasteiger partial charge is 0.115 e. The van der Waals surface area contributed by atoms with Crippen molar-refractivity contribution in [3.8, 4) is 11.3 Å². The van der Waals surface area contributed by atoms with Gasteiger partial charge in [-0.15, -0.1) is 0 Å². The average molecular weight is 174 g/mol. The fourth-order valence-electron chi connectivity index (χ4n) is 1.20. The molecule has 0 spiro atoms. The van der Waals surface area contributed by atoms with Gasteiger partial charge < -0.3 is 4.57 Å². The zero-order chi connectivity index (χ0) is 9.26.